The Balaban J connectivity index is 1.22. The van der Waals surface area contributed by atoms with Crippen LogP contribution in [0.15, 0.2) is 55.0 Å². The fourth-order valence-corrected chi connectivity index (χ4v) is 5.40. The fraction of sp³-hybridized carbons (Fsp3) is 0.462. The van der Waals surface area contributed by atoms with E-state index in [9.17, 15) is 5.11 Å². The minimum atomic E-state index is -0.334. The summed E-state index contributed by atoms with van der Waals surface area (Å²) in [5.41, 5.74) is 4.95. The highest BCUT2D eigenvalue weighted by Crippen LogP contribution is 2.26. The van der Waals surface area contributed by atoms with Crippen LogP contribution in [0.3, 0.4) is 0 Å². The smallest absolute Gasteiger partial charge is 0.128 e. The first-order chi connectivity index (χ1) is 16.1. The van der Waals surface area contributed by atoms with E-state index in [-0.39, 0.29) is 12.1 Å². The number of piperazine rings is 1. The molecule has 2 aromatic heterocycles. The van der Waals surface area contributed by atoms with Crippen LogP contribution in [0.2, 0.25) is 0 Å². The number of aromatic nitrogens is 3. The van der Waals surface area contributed by atoms with E-state index in [1.54, 1.807) is 0 Å². The molecule has 7 nitrogen and oxygen atoms in total. The van der Waals surface area contributed by atoms with Gasteiger partial charge in [-0.15, -0.1) is 0 Å². The average molecular weight is 447 g/mol. The number of benzene rings is 1. The van der Waals surface area contributed by atoms with Crippen LogP contribution in [0, 0.1) is 13.8 Å². The minimum absolute atomic E-state index is 0.233. The van der Waals surface area contributed by atoms with Crippen LogP contribution in [-0.2, 0) is 6.54 Å². The van der Waals surface area contributed by atoms with E-state index < -0.39 is 0 Å². The summed E-state index contributed by atoms with van der Waals surface area (Å²) in [6, 6.07) is 12.7. The second-order valence-corrected chi connectivity index (χ2v) is 9.40. The van der Waals surface area contributed by atoms with Gasteiger partial charge in [-0.25, -0.2) is 9.67 Å². The van der Waals surface area contributed by atoms with Crippen molar-refractivity contribution >= 4 is 5.82 Å². The van der Waals surface area contributed by atoms with Crippen molar-refractivity contribution in [2.45, 2.75) is 39.0 Å². The molecule has 7 heteroatoms. The molecular weight excluding hydrogens is 412 g/mol. The maximum atomic E-state index is 11.1. The van der Waals surface area contributed by atoms with E-state index in [1.807, 2.05) is 41.5 Å². The molecule has 0 spiro atoms. The molecule has 2 saturated heterocycles. The molecule has 3 aromatic rings. The third-order valence-electron chi connectivity index (χ3n) is 7.11. The number of piperidine rings is 1. The molecule has 1 aromatic carbocycles. The maximum Gasteiger partial charge on any atom is 0.128 e. The number of aliphatic hydroxyl groups excluding tert-OH is 1. The van der Waals surface area contributed by atoms with Gasteiger partial charge in [-0.1, -0.05) is 12.1 Å². The van der Waals surface area contributed by atoms with Crippen molar-refractivity contribution in [2.24, 2.45) is 0 Å². The van der Waals surface area contributed by atoms with E-state index in [1.165, 1.54) is 16.7 Å². The largest absolute Gasteiger partial charge is 0.390 e. The van der Waals surface area contributed by atoms with Gasteiger partial charge < -0.3 is 10.0 Å². The Labute approximate surface area is 196 Å². The van der Waals surface area contributed by atoms with E-state index in [2.05, 4.69) is 56.8 Å². The van der Waals surface area contributed by atoms with E-state index in [4.69, 9.17) is 0 Å². The number of likely N-dealkylation sites (tertiary alicyclic amines) is 1. The molecule has 2 atom stereocenters. The van der Waals surface area contributed by atoms with Gasteiger partial charge in [-0.05, 0) is 61.2 Å². The van der Waals surface area contributed by atoms with Crippen LogP contribution in [0.5, 0.6) is 0 Å². The summed E-state index contributed by atoms with van der Waals surface area (Å²) in [4.78, 5) is 11.7. The lowest BCUT2D eigenvalue weighted by Gasteiger charge is -2.45. The summed E-state index contributed by atoms with van der Waals surface area (Å²) < 4.78 is 1.96. The van der Waals surface area contributed by atoms with Gasteiger partial charge in [0.05, 0.1) is 11.8 Å². The number of anilines is 1. The highest BCUT2D eigenvalue weighted by atomic mass is 16.3. The second-order valence-electron chi connectivity index (χ2n) is 9.40. The normalized spacial score (nSPS) is 22.6. The van der Waals surface area contributed by atoms with Crippen molar-refractivity contribution in [3.63, 3.8) is 0 Å². The molecule has 1 N–H and O–H groups in total. The molecule has 0 amide bonds. The van der Waals surface area contributed by atoms with Crippen molar-refractivity contribution < 1.29 is 5.11 Å². The molecular formula is C26H34N6O. The summed E-state index contributed by atoms with van der Waals surface area (Å²) in [7, 11) is 0. The Bertz CT molecular complexity index is 1050. The van der Waals surface area contributed by atoms with Gasteiger partial charge in [-0.3, -0.25) is 9.80 Å². The van der Waals surface area contributed by atoms with Crippen molar-refractivity contribution in [2.75, 3.05) is 44.2 Å². The van der Waals surface area contributed by atoms with Gasteiger partial charge >= 0.3 is 0 Å². The Kier molecular flexibility index (Phi) is 6.44. The monoisotopic (exact) mass is 446 g/mol. The molecule has 5 rings (SSSR count). The minimum Gasteiger partial charge on any atom is -0.390 e. The van der Waals surface area contributed by atoms with Crippen molar-refractivity contribution in [1.82, 2.24) is 24.6 Å². The van der Waals surface area contributed by atoms with Gasteiger partial charge in [0.1, 0.15) is 5.82 Å². The van der Waals surface area contributed by atoms with Gasteiger partial charge in [0.2, 0.25) is 0 Å². The molecule has 0 aliphatic carbocycles. The van der Waals surface area contributed by atoms with E-state index in [0.29, 0.717) is 6.54 Å². The van der Waals surface area contributed by atoms with Crippen LogP contribution < -0.4 is 4.90 Å². The third-order valence-corrected chi connectivity index (χ3v) is 7.11. The maximum absolute atomic E-state index is 11.1. The van der Waals surface area contributed by atoms with Gasteiger partial charge in [0.25, 0.3) is 0 Å². The molecule has 2 fully saturated rings. The van der Waals surface area contributed by atoms with Gasteiger partial charge in [-0.2, -0.15) is 5.10 Å². The zero-order chi connectivity index (χ0) is 22.8. The summed E-state index contributed by atoms with van der Waals surface area (Å²) in [6.07, 6.45) is 6.34. The summed E-state index contributed by atoms with van der Waals surface area (Å²) in [5, 5.41) is 15.6. The third kappa shape index (κ3) is 4.81. The molecule has 0 bridgehead atoms. The molecule has 2 aliphatic heterocycles. The van der Waals surface area contributed by atoms with Crippen LogP contribution >= 0.6 is 0 Å². The number of β-amino-alcohol motifs (C(OH)–C–C–N with tert-alkyl or cyclic N) is 1. The lowest BCUT2D eigenvalue weighted by molar-refractivity contribution is -0.0172. The van der Waals surface area contributed by atoms with Crippen LogP contribution in [0.1, 0.15) is 23.1 Å². The van der Waals surface area contributed by atoms with Crippen LogP contribution in [-0.4, -0.2) is 81.1 Å². The quantitative estimate of drug-likeness (QED) is 0.650. The Hall–Kier alpha value is -2.74. The summed E-state index contributed by atoms with van der Waals surface area (Å²) >= 11 is 0. The first-order valence-corrected chi connectivity index (χ1v) is 12.0. The number of rotatable bonds is 5. The lowest BCUT2D eigenvalue weighted by Crippen LogP contribution is -2.58. The molecule has 174 valence electrons. The number of aliphatic hydroxyl groups is 1. The van der Waals surface area contributed by atoms with Crippen molar-refractivity contribution in [3.8, 4) is 5.69 Å². The van der Waals surface area contributed by atoms with Gasteiger partial charge in [0.15, 0.2) is 0 Å². The molecule has 33 heavy (non-hydrogen) atoms. The SMILES string of the molecule is Cc1cc(C)c(CN2CC[C@@H](N3CCN(c4ccccn4)CC3)[C@H](O)C2)c(-n2cccn2)c1. The second kappa shape index (κ2) is 9.63. The molecule has 0 radical (unpaired) electrons. The van der Waals surface area contributed by atoms with Crippen LogP contribution in [0.25, 0.3) is 5.69 Å². The highest BCUT2D eigenvalue weighted by Gasteiger charge is 2.34. The topological polar surface area (TPSA) is 60.7 Å². The average Bonchev–Trinajstić information content (AvgIpc) is 3.36. The number of hydrogen-bond acceptors (Lipinski definition) is 6. The lowest BCUT2D eigenvalue weighted by atomic mass is 9.97. The van der Waals surface area contributed by atoms with Crippen LogP contribution in [0.4, 0.5) is 5.82 Å². The number of aryl methyl sites for hydroxylation is 2. The zero-order valence-electron chi connectivity index (χ0n) is 19.6. The number of pyridine rings is 1. The number of nitrogens with zero attached hydrogens (tertiary/aromatic N) is 6. The summed E-state index contributed by atoms with van der Waals surface area (Å²) in [5.74, 6) is 1.05. The predicted octanol–water partition coefficient (Wildman–Crippen LogP) is 2.64. The molecule has 4 heterocycles. The zero-order valence-corrected chi connectivity index (χ0v) is 19.6. The summed E-state index contributed by atoms with van der Waals surface area (Å²) in [6.45, 7) is 10.7. The van der Waals surface area contributed by atoms with E-state index in [0.717, 1.165) is 57.2 Å². The van der Waals surface area contributed by atoms with Crippen molar-refractivity contribution in [1.29, 1.82) is 0 Å². The van der Waals surface area contributed by atoms with Crippen molar-refractivity contribution in [3.05, 3.63) is 71.7 Å². The van der Waals surface area contributed by atoms with E-state index >= 15 is 0 Å². The molecule has 2 aliphatic rings. The number of hydrogen-bond donors (Lipinski definition) is 1. The first-order valence-electron chi connectivity index (χ1n) is 12.0. The molecule has 0 saturated carbocycles. The molecule has 0 unspecified atom stereocenters. The Morgan fingerprint density at radius 1 is 1.00 bits per heavy atom. The first kappa shape index (κ1) is 22.1. The Morgan fingerprint density at radius 2 is 1.85 bits per heavy atom. The fourth-order valence-electron chi connectivity index (χ4n) is 5.40. The standard InChI is InChI=1S/C26H34N6O/c1-20-16-21(2)22(24(17-20)32-10-5-9-28-32)18-29-11-7-23(25(33)19-29)30-12-14-31(15-13-30)26-6-3-4-8-27-26/h3-6,8-10,16-17,23,25,33H,7,11-15,18-19H2,1-2H3/t23-,25-/m1/s1. The Morgan fingerprint density at radius 3 is 2.55 bits per heavy atom. The highest BCUT2D eigenvalue weighted by molar-refractivity contribution is 5.48. The van der Waals surface area contributed by atoms with Gasteiger partial charge in [0, 0.05) is 70.4 Å². The predicted molar refractivity (Wildman–Crippen MR) is 131 cm³/mol.